The van der Waals surface area contributed by atoms with Gasteiger partial charge in [-0.25, -0.2) is 0 Å². The predicted octanol–water partition coefficient (Wildman–Crippen LogP) is 4.36. The molecule has 0 aliphatic rings. The largest absolute Gasteiger partial charge is 0.374 e. The van der Waals surface area contributed by atoms with Gasteiger partial charge in [0.1, 0.15) is 6.04 Å². The molecule has 2 N–H and O–H groups in total. The maximum Gasteiger partial charge on any atom is 0.246 e. The average Bonchev–Trinajstić information content (AvgIpc) is 2.45. The van der Waals surface area contributed by atoms with Gasteiger partial charge in [0, 0.05) is 11.4 Å². The van der Waals surface area contributed by atoms with Crippen LogP contribution >= 0.6 is 0 Å². The quantitative estimate of drug-likeness (QED) is 0.880. The molecule has 0 radical (unpaired) electrons. The van der Waals surface area contributed by atoms with Crippen LogP contribution in [0.4, 0.5) is 11.4 Å². The zero-order valence-corrected chi connectivity index (χ0v) is 13.9. The molecule has 0 aromatic heterocycles. The van der Waals surface area contributed by atoms with Crippen molar-refractivity contribution in [1.82, 2.24) is 0 Å². The van der Waals surface area contributed by atoms with Crippen LogP contribution in [-0.2, 0) is 4.79 Å². The van der Waals surface area contributed by atoms with Gasteiger partial charge in [0.25, 0.3) is 0 Å². The first kappa shape index (κ1) is 16.1. The Morgan fingerprint density at radius 3 is 2.18 bits per heavy atom. The van der Waals surface area contributed by atoms with Crippen molar-refractivity contribution in [3.63, 3.8) is 0 Å². The fourth-order valence-electron chi connectivity index (χ4n) is 2.38. The molecule has 3 nitrogen and oxygen atoms in total. The van der Waals surface area contributed by atoms with E-state index in [-0.39, 0.29) is 11.9 Å². The molecular weight excluding hydrogens is 272 g/mol. The first-order valence-corrected chi connectivity index (χ1v) is 7.58. The Labute approximate surface area is 132 Å². The van der Waals surface area contributed by atoms with E-state index in [2.05, 4.69) is 34.9 Å². The summed E-state index contributed by atoms with van der Waals surface area (Å²) in [6, 6.07) is 11.9. The van der Waals surface area contributed by atoms with Gasteiger partial charge in [0.05, 0.1) is 0 Å². The van der Waals surface area contributed by atoms with Crippen LogP contribution in [0.25, 0.3) is 0 Å². The van der Waals surface area contributed by atoms with Crippen LogP contribution in [0.5, 0.6) is 0 Å². The van der Waals surface area contributed by atoms with Crippen molar-refractivity contribution >= 4 is 17.3 Å². The highest BCUT2D eigenvalue weighted by molar-refractivity contribution is 5.96. The van der Waals surface area contributed by atoms with Gasteiger partial charge < -0.3 is 10.6 Å². The topological polar surface area (TPSA) is 41.1 Å². The number of benzene rings is 2. The monoisotopic (exact) mass is 296 g/mol. The Morgan fingerprint density at radius 2 is 1.50 bits per heavy atom. The molecule has 2 rings (SSSR count). The maximum absolute atomic E-state index is 12.4. The molecule has 0 fully saturated rings. The molecule has 1 amide bonds. The van der Waals surface area contributed by atoms with Gasteiger partial charge in [-0.2, -0.15) is 0 Å². The lowest BCUT2D eigenvalue weighted by molar-refractivity contribution is -0.116. The first-order valence-electron chi connectivity index (χ1n) is 7.58. The van der Waals surface area contributed by atoms with E-state index < -0.39 is 0 Å². The van der Waals surface area contributed by atoms with Gasteiger partial charge in [-0.15, -0.1) is 0 Å². The minimum atomic E-state index is -0.304. The number of hydrogen-bond donors (Lipinski definition) is 2. The fourth-order valence-corrected chi connectivity index (χ4v) is 2.38. The molecule has 2 aromatic carbocycles. The summed E-state index contributed by atoms with van der Waals surface area (Å²) in [7, 11) is 0. The van der Waals surface area contributed by atoms with Crippen LogP contribution in [0.1, 0.15) is 29.2 Å². The SMILES string of the molecule is Cc1ccc(NC(=O)C(C)Nc2cc(C)ccc2C)c(C)c1. The van der Waals surface area contributed by atoms with Gasteiger partial charge in [-0.05, 0) is 63.4 Å². The number of carbonyl (C=O) groups is 1. The molecule has 0 spiro atoms. The van der Waals surface area contributed by atoms with E-state index in [0.29, 0.717) is 0 Å². The van der Waals surface area contributed by atoms with Gasteiger partial charge in [0.2, 0.25) is 5.91 Å². The average molecular weight is 296 g/mol. The number of nitrogens with one attached hydrogen (secondary N) is 2. The van der Waals surface area contributed by atoms with E-state index in [0.717, 1.165) is 22.5 Å². The lowest BCUT2D eigenvalue weighted by Crippen LogP contribution is -2.32. The summed E-state index contributed by atoms with van der Waals surface area (Å²) in [6.07, 6.45) is 0. The summed E-state index contributed by atoms with van der Waals surface area (Å²) < 4.78 is 0. The smallest absolute Gasteiger partial charge is 0.246 e. The summed E-state index contributed by atoms with van der Waals surface area (Å²) in [5, 5.41) is 6.28. The van der Waals surface area contributed by atoms with E-state index in [1.165, 1.54) is 11.1 Å². The molecule has 3 heteroatoms. The number of carbonyl (C=O) groups excluding carboxylic acids is 1. The number of amides is 1. The normalized spacial score (nSPS) is 11.9. The van der Waals surface area contributed by atoms with E-state index in [9.17, 15) is 4.79 Å². The molecule has 0 saturated carbocycles. The minimum absolute atomic E-state index is 0.0344. The van der Waals surface area contributed by atoms with Gasteiger partial charge in [0.15, 0.2) is 0 Å². The van der Waals surface area contributed by atoms with E-state index >= 15 is 0 Å². The van der Waals surface area contributed by atoms with E-state index in [4.69, 9.17) is 0 Å². The zero-order chi connectivity index (χ0) is 16.3. The van der Waals surface area contributed by atoms with Crippen molar-refractivity contribution in [2.75, 3.05) is 10.6 Å². The molecule has 0 aliphatic heterocycles. The minimum Gasteiger partial charge on any atom is -0.374 e. The molecule has 0 aliphatic carbocycles. The van der Waals surface area contributed by atoms with Crippen LogP contribution in [0.15, 0.2) is 36.4 Å². The van der Waals surface area contributed by atoms with Gasteiger partial charge in [-0.3, -0.25) is 4.79 Å². The first-order chi connectivity index (χ1) is 10.4. The Hall–Kier alpha value is -2.29. The van der Waals surface area contributed by atoms with Crippen molar-refractivity contribution in [2.24, 2.45) is 0 Å². The summed E-state index contributed by atoms with van der Waals surface area (Å²) in [6.45, 7) is 10.0. The molecule has 0 saturated heterocycles. The van der Waals surface area contributed by atoms with Crippen LogP contribution < -0.4 is 10.6 Å². The lowest BCUT2D eigenvalue weighted by atomic mass is 10.1. The highest BCUT2D eigenvalue weighted by atomic mass is 16.2. The standard InChI is InChI=1S/C19H24N2O/c1-12-7-9-17(15(4)10-12)21-19(22)16(5)20-18-11-13(2)6-8-14(18)3/h6-11,16,20H,1-5H3,(H,21,22). The highest BCUT2D eigenvalue weighted by Gasteiger charge is 2.14. The molecule has 0 heterocycles. The molecular formula is C19H24N2O. The number of aryl methyl sites for hydroxylation is 4. The maximum atomic E-state index is 12.4. The van der Waals surface area contributed by atoms with Crippen LogP contribution in [0.2, 0.25) is 0 Å². The lowest BCUT2D eigenvalue weighted by Gasteiger charge is -2.18. The van der Waals surface area contributed by atoms with Gasteiger partial charge in [-0.1, -0.05) is 29.8 Å². The summed E-state index contributed by atoms with van der Waals surface area (Å²) in [5.74, 6) is -0.0344. The Kier molecular flexibility index (Phi) is 4.86. The third kappa shape index (κ3) is 3.88. The third-order valence-corrected chi connectivity index (χ3v) is 3.80. The summed E-state index contributed by atoms with van der Waals surface area (Å²) in [4.78, 5) is 12.4. The number of hydrogen-bond acceptors (Lipinski definition) is 2. The molecule has 22 heavy (non-hydrogen) atoms. The second-order valence-electron chi connectivity index (χ2n) is 5.99. The molecule has 116 valence electrons. The van der Waals surface area contributed by atoms with E-state index in [1.54, 1.807) is 0 Å². The van der Waals surface area contributed by atoms with Crippen LogP contribution in [-0.4, -0.2) is 11.9 Å². The second kappa shape index (κ2) is 6.65. The second-order valence-corrected chi connectivity index (χ2v) is 5.99. The predicted molar refractivity (Wildman–Crippen MR) is 93.5 cm³/mol. The highest BCUT2D eigenvalue weighted by Crippen LogP contribution is 2.19. The van der Waals surface area contributed by atoms with Crippen LogP contribution in [0.3, 0.4) is 0 Å². The molecule has 1 unspecified atom stereocenters. The van der Waals surface area contributed by atoms with Crippen molar-refractivity contribution in [1.29, 1.82) is 0 Å². The Morgan fingerprint density at radius 1 is 0.864 bits per heavy atom. The molecule has 0 bridgehead atoms. The van der Waals surface area contributed by atoms with Crippen molar-refractivity contribution in [3.8, 4) is 0 Å². The van der Waals surface area contributed by atoms with Crippen molar-refractivity contribution < 1.29 is 4.79 Å². The third-order valence-electron chi connectivity index (χ3n) is 3.80. The fraction of sp³-hybridized carbons (Fsp3) is 0.316. The Bertz CT molecular complexity index is 692. The summed E-state index contributed by atoms with van der Waals surface area (Å²) in [5.41, 5.74) is 6.45. The zero-order valence-electron chi connectivity index (χ0n) is 13.9. The van der Waals surface area contributed by atoms with Gasteiger partial charge >= 0.3 is 0 Å². The number of rotatable bonds is 4. The van der Waals surface area contributed by atoms with Crippen molar-refractivity contribution in [3.05, 3.63) is 58.7 Å². The summed E-state index contributed by atoms with van der Waals surface area (Å²) >= 11 is 0. The van der Waals surface area contributed by atoms with Crippen molar-refractivity contribution in [2.45, 2.75) is 40.7 Å². The van der Waals surface area contributed by atoms with E-state index in [1.807, 2.05) is 46.8 Å². The Balaban J connectivity index is 2.07. The molecule has 1 atom stereocenters. The van der Waals surface area contributed by atoms with Crippen LogP contribution in [0, 0.1) is 27.7 Å². The number of anilines is 2. The molecule has 2 aromatic rings.